The van der Waals surface area contributed by atoms with Gasteiger partial charge in [-0.25, -0.2) is 0 Å². The van der Waals surface area contributed by atoms with E-state index in [0.717, 1.165) is 22.1 Å². The van der Waals surface area contributed by atoms with Crippen molar-refractivity contribution in [3.8, 4) is 0 Å². The van der Waals surface area contributed by atoms with Crippen molar-refractivity contribution in [1.29, 1.82) is 0 Å². The summed E-state index contributed by atoms with van der Waals surface area (Å²) in [6.45, 7) is 9.68. The summed E-state index contributed by atoms with van der Waals surface area (Å²) in [5.41, 5.74) is 0. The molecule has 2 unspecified atom stereocenters. The molecular weight excluding hydrogens is 428 g/mol. The maximum atomic E-state index is 10.3. The van der Waals surface area contributed by atoms with Gasteiger partial charge in [0.1, 0.15) is 25.3 Å². The molecule has 0 saturated heterocycles. The molecule has 0 radical (unpaired) electrons. The van der Waals surface area contributed by atoms with Crippen LogP contribution in [0.25, 0.3) is 0 Å². The first-order chi connectivity index (χ1) is 16.1. The summed E-state index contributed by atoms with van der Waals surface area (Å²) in [5, 5.41) is 20.7. The number of aliphatic hydroxyl groups is 2. The average Bonchev–Trinajstić information content (AvgIpc) is 2.74. The molecule has 0 amide bonds. The Kier molecular flexibility index (Phi) is 20.8. The summed E-state index contributed by atoms with van der Waals surface area (Å²) >= 11 is 0. The second-order valence-corrected chi connectivity index (χ2v) is 11.7. The molecule has 0 fully saturated rings. The second kappa shape index (κ2) is 20.9. The van der Waals surface area contributed by atoms with Crippen LogP contribution in [-0.4, -0.2) is 112 Å². The number of ether oxygens (including phenoxy) is 2. The van der Waals surface area contributed by atoms with Gasteiger partial charge in [-0.15, -0.1) is 0 Å². The highest BCUT2D eigenvalue weighted by molar-refractivity contribution is 4.55. The van der Waals surface area contributed by atoms with Crippen LogP contribution < -0.4 is 0 Å². The zero-order valence-corrected chi connectivity index (χ0v) is 23.9. The van der Waals surface area contributed by atoms with Crippen molar-refractivity contribution >= 4 is 0 Å². The second-order valence-electron chi connectivity index (χ2n) is 11.7. The lowest BCUT2D eigenvalue weighted by Crippen LogP contribution is -2.47. The fraction of sp³-hybridized carbons (Fsp3) is 1.00. The molecule has 0 aliphatic rings. The average molecular weight is 491 g/mol. The molecule has 2 N–H and O–H groups in total. The summed E-state index contributed by atoms with van der Waals surface area (Å²) in [7, 11) is 8.75. The van der Waals surface area contributed by atoms with E-state index in [9.17, 15) is 10.2 Å². The molecule has 0 aliphatic heterocycles. The highest BCUT2D eigenvalue weighted by Gasteiger charge is 2.21. The Bertz CT molecular complexity index is 406. The van der Waals surface area contributed by atoms with Crippen molar-refractivity contribution in [2.75, 3.05) is 80.8 Å². The van der Waals surface area contributed by atoms with Gasteiger partial charge in [0.2, 0.25) is 0 Å². The predicted molar refractivity (Wildman–Crippen MR) is 144 cm³/mol. The van der Waals surface area contributed by atoms with Crippen LogP contribution in [0.1, 0.15) is 90.9 Å². The van der Waals surface area contributed by atoms with Gasteiger partial charge in [-0.05, 0) is 25.7 Å². The number of hydrogen-bond donors (Lipinski definition) is 2. The predicted octanol–water partition coefficient (Wildman–Crippen LogP) is 4.62. The summed E-state index contributed by atoms with van der Waals surface area (Å²) in [4.78, 5) is 0. The summed E-state index contributed by atoms with van der Waals surface area (Å²) in [6.07, 6.45) is 14.7. The largest absolute Gasteiger partial charge is 0.385 e. The van der Waals surface area contributed by atoms with Gasteiger partial charge in [-0.1, -0.05) is 65.2 Å². The molecule has 0 saturated carbocycles. The van der Waals surface area contributed by atoms with Crippen molar-refractivity contribution < 1.29 is 28.7 Å². The fourth-order valence-electron chi connectivity index (χ4n) is 4.63. The zero-order valence-electron chi connectivity index (χ0n) is 23.9. The van der Waals surface area contributed by atoms with Crippen molar-refractivity contribution in [3.05, 3.63) is 0 Å². The van der Waals surface area contributed by atoms with Crippen LogP contribution in [-0.2, 0) is 9.47 Å². The van der Waals surface area contributed by atoms with Crippen LogP contribution in [0.15, 0.2) is 0 Å². The highest BCUT2D eigenvalue weighted by atomic mass is 16.5. The molecule has 2 atom stereocenters. The van der Waals surface area contributed by atoms with Crippen molar-refractivity contribution in [1.82, 2.24) is 0 Å². The molecule has 0 aromatic rings. The molecule has 6 heteroatoms. The van der Waals surface area contributed by atoms with Gasteiger partial charge >= 0.3 is 0 Å². The molecule has 0 spiro atoms. The normalized spacial score (nSPS) is 14.5. The third-order valence-electron chi connectivity index (χ3n) is 6.64. The number of unbranched alkanes of at least 4 members (excludes halogenated alkanes) is 10. The van der Waals surface area contributed by atoms with Crippen molar-refractivity contribution in [2.45, 2.75) is 103 Å². The third-order valence-corrected chi connectivity index (χ3v) is 6.64. The molecule has 0 rings (SSSR count). The Morgan fingerprint density at radius 2 is 0.853 bits per heavy atom. The molecule has 0 aromatic heterocycles. The Morgan fingerprint density at radius 3 is 1.21 bits per heavy atom. The first kappa shape index (κ1) is 33.8. The maximum Gasteiger partial charge on any atom is 0.126 e. The quantitative estimate of drug-likeness (QED) is 0.145. The van der Waals surface area contributed by atoms with Gasteiger partial charge in [0.05, 0.1) is 67.7 Å². The van der Waals surface area contributed by atoms with E-state index in [1.807, 2.05) is 0 Å². The van der Waals surface area contributed by atoms with E-state index >= 15 is 0 Å². The number of nitrogens with zero attached hydrogens (tertiary/aromatic N) is 2. The molecule has 0 aromatic carbocycles. The first-order valence-corrected chi connectivity index (χ1v) is 14.3. The van der Waals surface area contributed by atoms with Crippen LogP contribution in [0, 0.1) is 0 Å². The Morgan fingerprint density at radius 1 is 0.529 bits per heavy atom. The lowest BCUT2D eigenvalue weighted by atomic mass is 10.1. The molecule has 6 nitrogen and oxygen atoms in total. The van der Waals surface area contributed by atoms with E-state index in [2.05, 4.69) is 42.0 Å². The van der Waals surface area contributed by atoms with E-state index in [0.29, 0.717) is 39.5 Å². The molecule has 206 valence electrons. The van der Waals surface area contributed by atoms with Gasteiger partial charge in [-0.3, -0.25) is 0 Å². The molecular formula is C28H62N2O4+2. The van der Waals surface area contributed by atoms with Crippen molar-refractivity contribution in [3.63, 3.8) is 0 Å². The monoisotopic (exact) mass is 490 g/mol. The van der Waals surface area contributed by atoms with E-state index in [1.165, 1.54) is 77.0 Å². The SMILES string of the molecule is CCCCCCCC[N+](C)(C)CC(O)COCCOCC(O)C[N+](C)(C)CCCCCCCC. The van der Waals surface area contributed by atoms with Gasteiger partial charge in [-0.2, -0.15) is 0 Å². The van der Waals surface area contributed by atoms with Gasteiger partial charge in [0.15, 0.2) is 0 Å². The smallest absolute Gasteiger partial charge is 0.126 e. The minimum absolute atomic E-state index is 0.340. The Labute approximate surface area is 212 Å². The highest BCUT2D eigenvalue weighted by Crippen LogP contribution is 2.10. The maximum absolute atomic E-state index is 10.3. The topological polar surface area (TPSA) is 58.9 Å². The van der Waals surface area contributed by atoms with Crippen LogP contribution in [0.3, 0.4) is 0 Å². The minimum Gasteiger partial charge on any atom is -0.385 e. The van der Waals surface area contributed by atoms with Gasteiger partial charge in [0.25, 0.3) is 0 Å². The molecule has 0 bridgehead atoms. The summed E-state index contributed by atoms with van der Waals surface area (Å²) < 4.78 is 12.9. The molecule has 0 heterocycles. The zero-order chi connectivity index (χ0) is 25.7. The van der Waals surface area contributed by atoms with E-state index in [-0.39, 0.29) is 0 Å². The van der Waals surface area contributed by atoms with Gasteiger partial charge < -0.3 is 28.7 Å². The number of likely N-dealkylation sites (N-methyl/N-ethyl adjacent to an activating group) is 2. The summed E-state index contributed by atoms with van der Waals surface area (Å²) in [5.74, 6) is 0. The van der Waals surface area contributed by atoms with Crippen molar-refractivity contribution in [2.24, 2.45) is 0 Å². The van der Waals surface area contributed by atoms with Crippen LogP contribution in [0.5, 0.6) is 0 Å². The standard InChI is InChI=1S/C28H62N2O4/c1-7-9-11-13-15-17-19-29(3,4)23-27(31)25-33-21-22-34-26-28(32)24-30(5,6)20-18-16-14-12-10-8-2/h27-28,31-32H,7-26H2,1-6H3/q+2. The number of rotatable bonds is 25. The van der Waals surface area contributed by atoms with Crippen LogP contribution >= 0.6 is 0 Å². The van der Waals surface area contributed by atoms with Gasteiger partial charge in [0, 0.05) is 0 Å². The summed E-state index contributed by atoms with van der Waals surface area (Å²) in [6, 6.07) is 0. The minimum atomic E-state index is -0.458. The van der Waals surface area contributed by atoms with Crippen LogP contribution in [0.2, 0.25) is 0 Å². The molecule has 0 aliphatic carbocycles. The third kappa shape index (κ3) is 22.2. The number of aliphatic hydroxyl groups excluding tert-OH is 2. The fourth-order valence-corrected chi connectivity index (χ4v) is 4.63. The lowest BCUT2D eigenvalue weighted by Gasteiger charge is -2.32. The first-order valence-electron chi connectivity index (χ1n) is 14.3. The Balaban J connectivity index is 3.76. The molecule has 34 heavy (non-hydrogen) atoms. The lowest BCUT2D eigenvalue weighted by molar-refractivity contribution is -0.893. The van der Waals surface area contributed by atoms with E-state index in [4.69, 9.17) is 9.47 Å². The number of hydrogen-bond acceptors (Lipinski definition) is 4. The van der Waals surface area contributed by atoms with E-state index < -0.39 is 12.2 Å². The van der Waals surface area contributed by atoms with E-state index in [1.54, 1.807) is 0 Å². The number of quaternary nitrogens is 2. The van der Waals surface area contributed by atoms with Crippen LogP contribution in [0.4, 0.5) is 0 Å². The Hall–Kier alpha value is -0.240.